The Bertz CT molecular complexity index is 424. The van der Waals surface area contributed by atoms with Gasteiger partial charge in [-0.25, -0.2) is 0 Å². The number of pyridine rings is 1. The van der Waals surface area contributed by atoms with Gasteiger partial charge in [-0.1, -0.05) is 0 Å². The first-order chi connectivity index (χ1) is 9.52. The first kappa shape index (κ1) is 15.1. The Balaban J connectivity index is 1.95. The fourth-order valence-corrected chi connectivity index (χ4v) is 1.87. The zero-order chi connectivity index (χ0) is 14.7. The van der Waals surface area contributed by atoms with Gasteiger partial charge in [-0.3, -0.25) is 4.98 Å². The van der Waals surface area contributed by atoms with Crippen molar-refractivity contribution >= 4 is 0 Å². The second kappa shape index (κ2) is 6.44. The minimum Gasteiger partial charge on any atom is -0.506 e. The highest BCUT2D eigenvalue weighted by molar-refractivity contribution is 5.17. The molecule has 0 amide bonds. The summed E-state index contributed by atoms with van der Waals surface area (Å²) in [5.41, 5.74) is 0.486. The molecule has 1 aliphatic rings. The van der Waals surface area contributed by atoms with Gasteiger partial charge in [-0.2, -0.15) is 0 Å². The van der Waals surface area contributed by atoms with Crippen molar-refractivity contribution in [2.24, 2.45) is 0 Å². The molecular formula is C12H17NO7. The Hall–Kier alpha value is -1.29. The van der Waals surface area contributed by atoms with E-state index in [2.05, 4.69) is 4.98 Å². The largest absolute Gasteiger partial charge is 0.506 e. The van der Waals surface area contributed by atoms with Gasteiger partial charge in [0, 0.05) is 0 Å². The predicted molar refractivity (Wildman–Crippen MR) is 64.5 cm³/mol. The SMILES string of the molecule is OC[C@H]1O[C@H](OCc2ccc(O)cn2)[C@H](O)[C@@H](O)[C@H]1O. The van der Waals surface area contributed by atoms with E-state index in [0.717, 1.165) is 0 Å². The minimum atomic E-state index is -1.47. The minimum absolute atomic E-state index is 0.0154. The lowest BCUT2D eigenvalue weighted by Crippen LogP contribution is -2.59. The van der Waals surface area contributed by atoms with Gasteiger partial charge >= 0.3 is 0 Å². The summed E-state index contributed by atoms with van der Waals surface area (Å²) >= 11 is 0. The molecule has 0 unspecified atom stereocenters. The maximum Gasteiger partial charge on any atom is 0.187 e. The number of hydrogen-bond acceptors (Lipinski definition) is 8. The summed E-state index contributed by atoms with van der Waals surface area (Å²) in [5, 5.41) is 47.0. The Morgan fingerprint density at radius 1 is 1.15 bits per heavy atom. The molecule has 0 bridgehead atoms. The summed E-state index contributed by atoms with van der Waals surface area (Å²) < 4.78 is 10.4. The number of aliphatic hydroxyl groups excluding tert-OH is 4. The third-order valence-electron chi connectivity index (χ3n) is 3.05. The van der Waals surface area contributed by atoms with Gasteiger partial charge in [0.05, 0.1) is 25.1 Å². The van der Waals surface area contributed by atoms with Gasteiger partial charge in [-0.05, 0) is 12.1 Å². The second-order valence-electron chi connectivity index (χ2n) is 4.52. The van der Waals surface area contributed by atoms with Crippen LogP contribution in [0.5, 0.6) is 5.75 Å². The van der Waals surface area contributed by atoms with E-state index in [1.165, 1.54) is 18.3 Å². The van der Waals surface area contributed by atoms with Crippen LogP contribution in [-0.4, -0.2) is 67.8 Å². The number of ether oxygens (including phenoxy) is 2. The second-order valence-corrected chi connectivity index (χ2v) is 4.52. The molecule has 20 heavy (non-hydrogen) atoms. The average Bonchev–Trinajstić information content (AvgIpc) is 2.46. The van der Waals surface area contributed by atoms with Gasteiger partial charge in [0.2, 0.25) is 0 Å². The summed E-state index contributed by atoms with van der Waals surface area (Å²) in [6, 6.07) is 2.96. The van der Waals surface area contributed by atoms with Crippen molar-refractivity contribution in [1.29, 1.82) is 0 Å². The van der Waals surface area contributed by atoms with Crippen LogP contribution >= 0.6 is 0 Å². The predicted octanol–water partition coefficient (Wildman–Crippen LogP) is -1.90. The van der Waals surface area contributed by atoms with Crippen LogP contribution in [0.4, 0.5) is 0 Å². The first-order valence-electron chi connectivity index (χ1n) is 6.09. The van der Waals surface area contributed by atoms with Gasteiger partial charge < -0.3 is 35.0 Å². The van der Waals surface area contributed by atoms with E-state index in [9.17, 15) is 15.3 Å². The molecule has 0 aromatic carbocycles. The molecule has 5 atom stereocenters. The fraction of sp³-hybridized carbons (Fsp3) is 0.583. The molecule has 0 aliphatic carbocycles. The maximum absolute atomic E-state index is 9.74. The van der Waals surface area contributed by atoms with Crippen molar-refractivity contribution in [3.05, 3.63) is 24.0 Å². The van der Waals surface area contributed by atoms with Crippen LogP contribution in [0.1, 0.15) is 5.69 Å². The zero-order valence-corrected chi connectivity index (χ0v) is 10.5. The summed E-state index contributed by atoms with van der Waals surface area (Å²) in [5.74, 6) is 0.0154. The highest BCUT2D eigenvalue weighted by Crippen LogP contribution is 2.22. The molecule has 1 fully saturated rings. The lowest BCUT2D eigenvalue weighted by Gasteiger charge is -2.39. The van der Waals surface area contributed by atoms with Gasteiger partial charge in [0.15, 0.2) is 6.29 Å². The number of hydrogen-bond donors (Lipinski definition) is 5. The Labute approximate surface area is 114 Å². The summed E-state index contributed by atoms with van der Waals surface area (Å²) in [4.78, 5) is 3.89. The third-order valence-corrected chi connectivity index (χ3v) is 3.05. The van der Waals surface area contributed by atoms with Crippen LogP contribution in [-0.2, 0) is 16.1 Å². The normalized spacial score (nSPS) is 34.1. The number of rotatable bonds is 4. The number of aromatic nitrogens is 1. The molecular weight excluding hydrogens is 270 g/mol. The van der Waals surface area contributed by atoms with Gasteiger partial charge in [0.25, 0.3) is 0 Å². The van der Waals surface area contributed by atoms with Gasteiger partial charge in [-0.15, -0.1) is 0 Å². The Morgan fingerprint density at radius 2 is 1.90 bits per heavy atom. The van der Waals surface area contributed by atoms with Crippen molar-refractivity contribution in [2.45, 2.75) is 37.3 Å². The van der Waals surface area contributed by atoms with Crippen LogP contribution < -0.4 is 0 Å². The van der Waals surface area contributed by atoms with Crippen LogP contribution in [0, 0.1) is 0 Å². The summed E-state index contributed by atoms with van der Waals surface area (Å²) in [6.07, 6.45) is -5.29. The Morgan fingerprint density at radius 3 is 2.50 bits per heavy atom. The number of nitrogens with zero attached hydrogens (tertiary/aromatic N) is 1. The summed E-state index contributed by atoms with van der Waals surface area (Å²) in [7, 11) is 0. The van der Waals surface area contributed by atoms with Crippen LogP contribution in [0.3, 0.4) is 0 Å². The number of aliphatic hydroxyl groups is 4. The zero-order valence-electron chi connectivity index (χ0n) is 10.5. The van der Waals surface area contributed by atoms with E-state index < -0.39 is 37.3 Å². The summed E-state index contributed by atoms with van der Waals surface area (Å²) in [6.45, 7) is -0.536. The van der Waals surface area contributed by atoms with Crippen LogP contribution in [0.25, 0.3) is 0 Å². The molecule has 0 saturated carbocycles. The van der Waals surface area contributed by atoms with E-state index in [1.54, 1.807) is 0 Å². The third kappa shape index (κ3) is 3.23. The molecule has 2 rings (SSSR count). The Kier molecular flexibility index (Phi) is 4.86. The van der Waals surface area contributed by atoms with Gasteiger partial charge in [0.1, 0.15) is 30.2 Å². The lowest BCUT2D eigenvalue weighted by molar-refractivity contribution is -0.304. The van der Waals surface area contributed by atoms with Crippen molar-refractivity contribution < 1.29 is 35.0 Å². The van der Waals surface area contributed by atoms with E-state index in [-0.39, 0.29) is 12.4 Å². The smallest absolute Gasteiger partial charge is 0.187 e. The van der Waals surface area contributed by atoms with E-state index in [0.29, 0.717) is 5.69 Å². The lowest BCUT2D eigenvalue weighted by atomic mass is 9.99. The maximum atomic E-state index is 9.74. The van der Waals surface area contributed by atoms with E-state index in [1.807, 2.05) is 0 Å². The quantitative estimate of drug-likeness (QED) is 0.434. The molecule has 0 spiro atoms. The van der Waals surface area contributed by atoms with E-state index in [4.69, 9.17) is 19.7 Å². The van der Waals surface area contributed by atoms with Crippen LogP contribution in [0.2, 0.25) is 0 Å². The highest BCUT2D eigenvalue weighted by atomic mass is 16.7. The van der Waals surface area contributed by atoms with Crippen molar-refractivity contribution in [3.8, 4) is 5.75 Å². The highest BCUT2D eigenvalue weighted by Gasteiger charge is 2.43. The molecule has 5 N–H and O–H groups in total. The molecule has 0 radical (unpaired) electrons. The molecule has 8 nitrogen and oxygen atoms in total. The molecule has 8 heteroatoms. The first-order valence-corrected chi connectivity index (χ1v) is 6.09. The molecule has 1 aromatic rings. The fourth-order valence-electron chi connectivity index (χ4n) is 1.87. The van der Waals surface area contributed by atoms with E-state index >= 15 is 0 Å². The van der Waals surface area contributed by atoms with Crippen molar-refractivity contribution in [1.82, 2.24) is 4.98 Å². The molecule has 2 heterocycles. The molecule has 1 aliphatic heterocycles. The molecule has 1 aromatic heterocycles. The monoisotopic (exact) mass is 287 g/mol. The number of aromatic hydroxyl groups is 1. The molecule has 1 saturated heterocycles. The standard InChI is InChI=1S/C12H17NO7/c14-4-8-9(16)10(17)11(18)12(20-8)19-5-6-1-2-7(15)3-13-6/h1-3,8-12,14-18H,4-5H2/t8-,9+,10+,11-,12+/m1/s1. The topological polar surface area (TPSA) is 132 Å². The average molecular weight is 287 g/mol. The van der Waals surface area contributed by atoms with Crippen molar-refractivity contribution in [2.75, 3.05) is 6.61 Å². The van der Waals surface area contributed by atoms with Crippen LogP contribution in [0.15, 0.2) is 18.3 Å². The molecule has 112 valence electrons. The van der Waals surface area contributed by atoms with Crippen molar-refractivity contribution in [3.63, 3.8) is 0 Å².